The number of hydrogen-bond acceptors (Lipinski definition) is 4. The van der Waals surface area contributed by atoms with Gasteiger partial charge in [0.05, 0.1) is 21.6 Å². The number of ether oxygens (including phenoxy) is 1. The monoisotopic (exact) mass is 313 g/mol. The summed E-state index contributed by atoms with van der Waals surface area (Å²) in [7, 11) is 0. The Kier molecular flexibility index (Phi) is 4.44. The van der Waals surface area contributed by atoms with E-state index in [1.54, 1.807) is 24.3 Å². The number of halogens is 2. The third kappa shape index (κ3) is 3.01. The largest absolute Gasteiger partial charge is 0.454 e. The molecule has 0 saturated carbocycles. The van der Waals surface area contributed by atoms with Gasteiger partial charge in [-0.05, 0) is 6.07 Å². The van der Waals surface area contributed by atoms with Crippen LogP contribution in [0.25, 0.3) is 0 Å². The maximum Gasteiger partial charge on any atom is 0.272 e. The lowest BCUT2D eigenvalue weighted by Crippen LogP contribution is -1.94. The third-order valence-corrected chi connectivity index (χ3v) is 3.11. The fourth-order valence-electron chi connectivity index (χ4n) is 1.59. The first-order valence-corrected chi connectivity index (χ1v) is 6.28. The third-order valence-electron chi connectivity index (χ3n) is 2.55. The SMILES string of the molecule is O=[N+]([O-])c1cc(Cl)c(Oc2ccccc2CO)c(Cl)c1. The summed E-state index contributed by atoms with van der Waals surface area (Å²) in [5, 5.41) is 20.0. The molecule has 2 aromatic carbocycles. The molecule has 0 spiro atoms. The number of aliphatic hydroxyl groups excluding tert-OH is 1. The minimum Gasteiger partial charge on any atom is -0.454 e. The van der Waals surface area contributed by atoms with E-state index in [0.29, 0.717) is 11.3 Å². The van der Waals surface area contributed by atoms with Gasteiger partial charge in [0.1, 0.15) is 5.75 Å². The standard InChI is InChI=1S/C13H9Cl2NO4/c14-10-5-9(16(18)19)6-11(15)13(10)20-12-4-2-1-3-8(12)7-17/h1-6,17H,7H2. The van der Waals surface area contributed by atoms with Crippen molar-refractivity contribution in [2.24, 2.45) is 0 Å². The molecule has 2 rings (SSSR count). The molecular formula is C13H9Cl2NO4. The van der Waals surface area contributed by atoms with Crippen molar-refractivity contribution in [2.45, 2.75) is 6.61 Å². The van der Waals surface area contributed by atoms with Gasteiger partial charge in [-0.3, -0.25) is 10.1 Å². The number of para-hydroxylation sites is 1. The van der Waals surface area contributed by atoms with E-state index >= 15 is 0 Å². The topological polar surface area (TPSA) is 72.6 Å². The molecule has 0 aliphatic rings. The molecule has 0 fully saturated rings. The summed E-state index contributed by atoms with van der Waals surface area (Å²) in [6.45, 7) is -0.210. The van der Waals surface area contributed by atoms with E-state index in [1.807, 2.05) is 0 Å². The fraction of sp³-hybridized carbons (Fsp3) is 0.0769. The van der Waals surface area contributed by atoms with Crippen LogP contribution in [0.2, 0.25) is 10.0 Å². The van der Waals surface area contributed by atoms with Crippen LogP contribution in [-0.2, 0) is 6.61 Å². The zero-order valence-corrected chi connectivity index (χ0v) is 11.6. The zero-order chi connectivity index (χ0) is 14.7. The molecule has 104 valence electrons. The van der Waals surface area contributed by atoms with Gasteiger partial charge >= 0.3 is 0 Å². The molecule has 1 N–H and O–H groups in total. The number of rotatable bonds is 4. The second kappa shape index (κ2) is 6.09. The Bertz CT molecular complexity index is 638. The molecule has 0 atom stereocenters. The second-order valence-electron chi connectivity index (χ2n) is 3.86. The summed E-state index contributed by atoms with van der Waals surface area (Å²) in [4.78, 5) is 10.1. The highest BCUT2D eigenvalue weighted by Gasteiger charge is 2.17. The zero-order valence-electron chi connectivity index (χ0n) is 10.0. The molecule has 2 aromatic rings. The molecular weight excluding hydrogens is 305 g/mol. The Labute approximate surface area is 124 Å². The molecule has 5 nitrogen and oxygen atoms in total. The van der Waals surface area contributed by atoms with Gasteiger partial charge in [0.2, 0.25) is 0 Å². The summed E-state index contributed by atoms with van der Waals surface area (Å²) in [6.07, 6.45) is 0. The van der Waals surface area contributed by atoms with Crippen LogP contribution >= 0.6 is 23.2 Å². The molecule has 0 aliphatic heterocycles. The Morgan fingerprint density at radius 2 is 1.80 bits per heavy atom. The number of non-ortho nitro benzene ring substituents is 1. The van der Waals surface area contributed by atoms with E-state index in [-0.39, 0.29) is 28.1 Å². The van der Waals surface area contributed by atoms with E-state index in [4.69, 9.17) is 27.9 Å². The number of nitro groups is 1. The van der Waals surface area contributed by atoms with E-state index < -0.39 is 4.92 Å². The van der Waals surface area contributed by atoms with Crippen LogP contribution in [0.1, 0.15) is 5.56 Å². The molecule has 0 saturated heterocycles. The Balaban J connectivity index is 2.41. The minimum atomic E-state index is -0.594. The lowest BCUT2D eigenvalue weighted by atomic mass is 10.2. The minimum absolute atomic E-state index is 0.0249. The Morgan fingerprint density at radius 3 is 2.35 bits per heavy atom. The molecule has 0 radical (unpaired) electrons. The molecule has 0 aliphatic carbocycles. The average Bonchev–Trinajstić information content (AvgIpc) is 2.42. The van der Waals surface area contributed by atoms with Crippen molar-refractivity contribution in [3.8, 4) is 11.5 Å². The van der Waals surface area contributed by atoms with Gasteiger partial charge in [-0.25, -0.2) is 0 Å². The first kappa shape index (κ1) is 14.6. The number of hydrogen-bond donors (Lipinski definition) is 1. The summed E-state index contributed by atoms with van der Waals surface area (Å²) in [6, 6.07) is 9.11. The van der Waals surface area contributed by atoms with Gasteiger partial charge in [-0.15, -0.1) is 0 Å². The highest BCUT2D eigenvalue weighted by Crippen LogP contribution is 2.40. The maximum atomic E-state index is 10.7. The van der Waals surface area contributed by atoms with E-state index in [9.17, 15) is 15.2 Å². The number of aliphatic hydroxyl groups is 1. The van der Waals surface area contributed by atoms with Crippen molar-refractivity contribution < 1.29 is 14.8 Å². The van der Waals surface area contributed by atoms with Crippen LogP contribution < -0.4 is 4.74 Å². The maximum absolute atomic E-state index is 10.7. The van der Waals surface area contributed by atoms with Gasteiger partial charge in [0, 0.05) is 17.7 Å². The summed E-state index contributed by atoms with van der Waals surface area (Å²) < 4.78 is 5.55. The van der Waals surface area contributed by atoms with Crippen LogP contribution in [0.5, 0.6) is 11.5 Å². The van der Waals surface area contributed by atoms with Gasteiger partial charge in [0.25, 0.3) is 5.69 Å². The van der Waals surface area contributed by atoms with Crippen molar-refractivity contribution in [1.29, 1.82) is 0 Å². The van der Waals surface area contributed by atoms with Crippen LogP contribution in [0, 0.1) is 10.1 Å². The lowest BCUT2D eigenvalue weighted by Gasteiger charge is -2.12. The lowest BCUT2D eigenvalue weighted by molar-refractivity contribution is -0.384. The van der Waals surface area contributed by atoms with E-state index in [2.05, 4.69) is 0 Å². The molecule has 20 heavy (non-hydrogen) atoms. The highest BCUT2D eigenvalue weighted by molar-refractivity contribution is 6.37. The summed E-state index contributed by atoms with van der Waals surface area (Å²) in [5.74, 6) is 0.493. The molecule has 0 heterocycles. The second-order valence-corrected chi connectivity index (χ2v) is 4.68. The van der Waals surface area contributed by atoms with Crippen LogP contribution in [0.3, 0.4) is 0 Å². The predicted molar refractivity (Wildman–Crippen MR) is 75.6 cm³/mol. The first-order chi connectivity index (χ1) is 9.52. The van der Waals surface area contributed by atoms with Crippen molar-refractivity contribution in [1.82, 2.24) is 0 Å². The van der Waals surface area contributed by atoms with Crippen molar-refractivity contribution >= 4 is 28.9 Å². The number of nitro benzene ring substituents is 1. The van der Waals surface area contributed by atoms with E-state index in [1.165, 1.54) is 0 Å². The summed E-state index contributed by atoms with van der Waals surface area (Å²) >= 11 is 11.9. The van der Waals surface area contributed by atoms with Crippen molar-refractivity contribution in [3.63, 3.8) is 0 Å². The van der Waals surface area contributed by atoms with Crippen LogP contribution in [-0.4, -0.2) is 10.0 Å². The summed E-state index contributed by atoms with van der Waals surface area (Å²) in [5.41, 5.74) is 0.334. The molecule has 0 amide bonds. The molecule has 0 aromatic heterocycles. The highest BCUT2D eigenvalue weighted by atomic mass is 35.5. The normalized spacial score (nSPS) is 10.3. The Hall–Kier alpha value is -1.82. The van der Waals surface area contributed by atoms with Gasteiger partial charge in [0.15, 0.2) is 5.75 Å². The number of benzene rings is 2. The van der Waals surface area contributed by atoms with Crippen LogP contribution in [0.4, 0.5) is 5.69 Å². The molecule has 0 unspecified atom stereocenters. The van der Waals surface area contributed by atoms with Gasteiger partial charge in [-0.2, -0.15) is 0 Å². The fourth-order valence-corrected chi connectivity index (χ4v) is 2.15. The van der Waals surface area contributed by atoms with Crippen LogP contribution in [0.15, 0.2) is 36.4 Å². The molecule has 7 heteroatoms. The van der Waals surface area contributed by atoms with Gasteiger partial charge < -0.3 is 9.84 Å². The first-order valence-electron chi connectivity index (χ1n) is 5.53. The quantitative estimate of drug-likeness (QED) is 0.678. The smallest absolute Gasteiger partial charge is 0.272 e. The van der Waals surface area contributed by atoms with Gasteiger partial charge in [-0.1, -0.05) is 41.4 Å². The Morgan fingerprint density at radius 1 is 1.20 bits per heavy atom. The molecule has 0 bridgehead atoms. The average molecular weight is 314 g/mol. The number of nitrogens with zero attached hydrogens (tertiary/aromatic N) is 1. The predicted octanol–water partition coefficient (Wildman–Crippen LogP) is 4.19. The van der Waals surface area contributed by atoms with E-state index in [0.717, 1.165) is 12.1 Å². The van der Waals surface area contributed by atoms with Crippen molar-refractivity contribution in [2.75, 3.05) is 0 Å². The van der Waals surface area contributed by atoms with Crippen molar-refractivity contribution in [3.05, 3.63) is 62.1 Å².